The molecule has 0 fully saturated rings. The van der Waals surface area contributed by atoms with Crippen LogP contribution in [-0.2, 0) is 24.3 Å². The molecular weight excluding hydrogens is 246 g/mol. The molecule has 0 atom stereocenters. The summed E-state index contributed by atoms with van der Waals surface area (Å²) in [7, 11) is 0. The van der Waals surface area contributed by atoms with Gasteiger partial charge in [-0.3, -0.25) is 0 Å². The third kappa shape index (κ3) is 6.51. The summed E-state index contributed by atoms with van der Waals surface area (Å²) < 4.78 is 7.92. The quantitative estimate of drug-likeness (QED) is 0.431. The number of pyridine rings is 1. The summed E-state index contributed by atoms with van der Waals surface area (Å²) in [6.07, 6.45) is 14.5. The molecular formula is C18H32NO+. The lowest BCUT2D eigenvalue weighted by atomic mass is 10.1. The molecule has 0 aliphatic rings. The van der Waals surface area contributed by atoms with Crippen LogP contribution in [0.2, 0.25) is 0 Å². The number of aryl methyl sites for hydroxylation is 2. The van der Waals surface area contributed by atoms with E-state index in [2.05, 4.69) is 43.8 Å². The number of hydrogen-bond donors (Lipinski definition) is 0. The van der Waals surface area contributed by atoms with E-state index < -0.39 is 0 Å². The van der Waals surface area contributed by atoms with E-state index in [1.807, 2.05) is 0 Å². The molecule has 0 aliphatic heterocycles. The van der Waals surface area contributed by atoms with E-state index in [0.717, 1.165) is 19.4 Å². The predicted octanol–water partition coefficient (Wildman–Crippen LogP) is 4.43. The number of hydrogen-bond acceptors (Lipinski definition) is 1. The normalized spacial score (nSPS) is 10.9. The third-order valence-corrected chi connectivity index (χ3v) is 3.85. The molecule has 0 aliphatic carbocycles. The van der Waals surface area contributed by atoms with Gasteiger partial charge in [0.1, 0.15) is 0 Å². The second kappa shape index (κ2) is 10.8. The Kier molecular flexibility index (Phi) is 9.31. The maximum atomic E-state index is 5.76. The van der Waals surface area contributed by atoms with E-state index in [0.29, 0.717) is 6.73 Å². The summed E-state index contributed by atoms with van der Waals surface area (Å²) in [4.78, 5) is 0. The first-order valence-corrected chi connectivity index (χ1v) is 8.40. The highest BCUT2D eigenvalue weighted by atomic mass is 16.5. The molecule has 0 bridgehead atoms. The zero-order valence-corrected chi connectivity index (χ0v) is 13.7. The van der Waals surface area contributed by atoms with Crippen LogP contribution >= 0.6 is 0 Å². The maximum Gasteiger partial charge on any atom is 0.252 e. The van der Waals surface area contributed by atoms with Crippen LogP contribution in [0.15, 0.2) is 18.5 Å². The molecule has 1 rings (SSSR count). The van der Waals surface area contributed by atoms with Crippen LogP contribution in [0.3, 0.4) is 0 Å². The minimum Gasteiger partial charge on any atom is -0.323 e. The molecule has 1 aromatic rings. The molecule has 0 amide bonds. The van der Waals surface area contributed by atoms with Gasteiger partial charge in [-0.05, 0) is 24.8 Å². The van der Waals surface area contributed by atoms with Gasteiger partial charge >= 0.3 is 0 Å². The molecule has 1 heterocycles. The summed E-state index contributed by atoms with van der Waals surface area (Å²) in [5.74, 6) is 0. The Morgan fingerprint density at radius 2 is 1.60 bits per heavy atom. The minimum absolute atomic E-state index is 0.686. The first-order chi connectivity index (χ1) is 9.81. The standard InChI is InChI=1S/C18H32NO/c1-4-7-8-9-10-11-14-20-16-19-13-12-17(5-2)18(6-3)15-19/h12-13,15H,4-11,14,16H2,1-3H3/q+1. The Balaban J connectivity index is 2.18. The summed E-state index contributed by atoms with van der Waals surface area (Å²) in [6.45, 7) is 8.26. The monoisotopic (exact) mass is 278 g/mol. The lowest BCUT2D eigenvalue weighted by molar-refractivity contribution is -0.733. The van der Waals surface area contributed by atoms with Crippen molar-refractivity contribution < 1.29 is 9.30 Å². The molecule has 0 saturated heterocycles. The van der Waals surface area contributed by atoms with Crippen molar-refractivity contribution in [1.82, 2.24) is 0 Å². The fraction of sp³-hybridized carbons (Fsp3) is 0.722. The van der Waals surface area contributed by atoms with Crippen LogP contribution < -0.4 is 4.57 Å². The van der Waals surface area contributed by atoms with E-state index in [1.165, 1.54) is 49.7 Å². The summed E-state index contributed by atoms with van der Waals surface area (Å²) in [5, 5.41) is 0. The molecule has 20 heavy (non-hydrogen) atoms. The van der Waals surface area contributed by atoms with E-state index in [4.69, 9.17) is 4.74 Å². The van der Waals surface area contributed by atoms with Crippen LogP contribution in [-0.4, -0.2) is 6.61 Å². The van der Waals surface area contributed by atoms with Gasteiger partial charge in [0.25, 0.3) is 6.73 Å². The minimum atomic E-state index is 0.686. The largest absolute Gasteiger partial charge is 0.323 e. The zero-order chi connectivity index (χ0) is 14.6. The molecule has 114 valence electrons. The molecule has 0 N–H and O–H groups in total. The van der Waals surface area contributed by atoms with Gasteiger partial charge in [-0.15, -0.1) is 0 Å². The predicted molar refractivity (Wildman–Crippen MR) is 84.7 cm³/mol. The van der Waals surface area contributed by atoms with Crippen LogP contribution in [0.4, 0.5) is 0 Å². The van der Waals surface area contributed by atoms with Crippen molar-refractivity contribution >= 4 is 0 Å². The van der Waals surface area contributed by atoms with E-state index >= 15 is 0 Å². The SMILES string of the molecule is CCCCCCCCOC[n+]1ccc(CC)c(CC)c1. The number of aromatic nitrogens is 1. The molecule has 0 aromatic carbocycles. The molecule has 0 saturated carbocycles. The van der Waals surface area contributed by atoms with Crippen molar-refractivity contribution in [3.05, 3.63) is 29.6 Å². The molecule has 2 nitrogen and oxygen atoms in total. The average molecular weight is 278 g/mol. The summed E-state index contributed by atoms with van der Waals surface area (Å²) in [6, 6.07) is 2.23. The third-order valence-electron chi connectivity index (χ3n) is 3.85. The molecule has 0 spiro atoms. The molecule has 0 radical (unpaired) electrons. The van der Waals surface area contributed by atoms with Crippen molar-refractivity contribution in [1.29, 1.82) is 0 Å². The lowest BCUT2D eigenvalue weighted by Crippen LogP contribution is -2.35. The zero-order valence-electron chi connectivity index (χ0n) is 13.7. The van der Waals surface area contributed by atoms with Crippen LogP contribution in [0.1, 0.15) is 70.4 Å². The number of ether oxygens (including phenoxy) is 1. The fourth-order valence-corrected chi connectivity index (χ4v) is 2.52. The second-order valence-corrected chi connectivity index (χ2v) is 5.52. The van der Waals surface area contributed by atoms with Crippen molar-refractivity contribution in [3.8, 4) is 0 Å². The number of rotatable bonds is 11. The van der Waals surface area contributed by atoms with Gasteiger partial charge in [-0.1, -0.05) is 52.9 Å². The van der Waals surface area contributed by atoms with Crippen molar-refractivity contribution in [3.63, 3.8) is 0 Å². The summed E-state index contributed by atoms with van der Waals surface area (Å²) >= 11 is 0. The highest BCUT2D eigenvalue weighted by Crippen LogP contribution is 2.07. The highest BCUT2D eigenvalue weighted by molar-refractivity contribution is 5.20. The highest BCUT2D eigenvalue weighted by Gasteiger charge is 2.06. The van der Waals surface area contributed by atoms with Gasteiger partial charge in [-0.25, -0.2) is 0 Å². The van der Waals surface area contributed by atoms with Crippen molar-refractivity contribution in [2.24, 2.45) is 0 Å². The number of unbranched alkanes of at least 4 members (excludes halogenated alkanes) is 5. The average Bonchev–Trinajstić information content (AvgIpc) is 2.49. The Bertz CT molecular complexity index is 362. The van der Waals surface area contributed by atoms with Gasteiger partial charge in [-0.2, -0.15) is 4.57 Å². The van der Waals surface area contributed by atoms with Gasteiger partial charge in [0, 0.05) is 11.6 Å². The van der Waals surface area contributed by atoms with Crippen LogP contribution in [0.5, 0.6) is 0 Å². The van der Waals surface area contributed by atoms with E-state index in [9.17, 15) is 0 Å². The van der Waals surface area contributed by atoms with Gasteiger partial charge in [0.2, 0.25) is 0 Å². The summed E-state index contributed by atoms with van der Waals surface area (Å²) in [5.41, 5.74) is 2.90. The van der Waals surface area contributed by atoms with Crippen molar-refractivity contribution in [2.75, 3.05) is 6.61 Å². The Morgan fingerprint density at radius 1 is 0.900 bits per heavy atom. The first kappa shape index (κ1) is 17.2. The Labute approximate surface area is 125 Å². The fourth-order valence-electron chi connectivity index (χ4n) is 2.52. The van der Waals surface area contributed by atoms with E-state index in [1.54, 1.807) is 0 Å². The smallest absolute Gasteiger partial charge is 0.252 e. The van der Waals surface area contributed by atoms with Gasteiger partial charge < -0.3 is 4.74 Å². The van der Waals surface area contributed by atoms with Crippen LogP contribution in [0, 0.1) is 0 Å². The lowest BCUT2D eigenvalue weighted by Gasteiger charge is -2.05. The maximum absolute atomic E-state index is 5.76. The van der Waals surface area contributed by atoms with Crippen LogP contribution in [0.25, 0.3) is 0 Å². The topological polar surface area (TPSA) is 13.1 Å². The van der Waals surface area contributed by atoms with Gasteiger partial charge in [0.05, 0.1) is 6.61 Å². The Hall–Kier alpha value is -0.890. The molecule has 0 unspecified atom stereocenters. The van der Waals surface area contributed by atoms with E-state index in [-0.39, 0.29) is 0 Å². The first-order valence-electron chi connectivity index (χ1n) is 8.40. The van der Waals surface area contributed by atoms with Crippen molar-refractivity contribution in [2.45, 2.75) is 78.9 Å². The second-order valence-electron chi connectivity index (χ2n) is 5.52. The molecule has 1 aromatic heterocycles. The van der Waals surface area contributed by atoms with Gasteiger partial charge in [0.15, 0.2) is 12.4 Å². The molecule has 2 heteroatoms. The number of nitrogens with zero attached hydrogens (tertiary/aromatic N) is 1. The Morgan fingerprint density at radius 3 is 2.30 bits per heavy atom.